The van der Waals surface area contributed by atoms with Crippen LogP contribution in [0.25, 0.3) is 0 Å². The molecule has 0 bridgehead atoms. The van der Waals surface area contributed by atoms with Crippen LogP contribution in [0.1, 0.15) is 0 Å². The van der Waals surface area contributed by atoms with Crippen LogP contribution in [0.3, 0.4) is 0 Å². The van der Waals surface area contributed by atoms with Crippen molar-refractivity contribution in [2.45, 2.75) is 0 Å². The highest BCUT2D eigenvalue weighted by atomic mass is 127. The van der Waals surface area contributed by atoms with E-state index in [1.54, 1.807) is 0 Å². The van der Waals surface area contributed by atoms with Gasteiger partial charge in [0.2, 0.25) is 0 Å². The Bertz CT molecular complexity index is 156. The monoisotopic (exact) mass is 222 g/mol. The lowest BCUT2D eigenvalue weighted by molar-refractivity contribution is 0.338. The first-order valence-corrected chi connectivity index (χ1v) is 4.84. The molecular weight excluding hydrogens is 215 g/mol. The van der Waals surface area contributed by atoms with Crippen molar-refractivity contribution >= 4 is 24.7 Å². The maximum Gasteiger partial charge on any atom is 0.0686 e. The Labute approximate surface area is 58.5 Å². The molecule has 1 aliphatic heterocycles. The Morgan fingerprint density at radius 1 is 1.62 bits per heavy atom. The molecule has 0 saturated carbocycles. The van der Waals surface area contributed by atoms with Gasteiger partial charge in [0, 0.05) is 0 Å². The van der Waals surface area contributed by atoms with Gasteiger partial charge in [0.05, 0.1) is 6.61 Å². The van der Waals surface area contributed by atoms with E-state index < -0.39 is 0 Å². The zero-order valence-corrected chi connectivity index (χ0v) is 6.50. The molecule has 1 heterocycles. The van der Waals surface area contributed by atoms with Gasteiger partial charge in [0.25, 0.3) is 0 Å². The van der Waals surface area contributed by atoms with Crippen molar-refractivity contribution in [2.24, 2.45) is 0 Å². The molecule has 0 atom stereocenters. The summed E-state index contributed by atoms with van der Waals surface area (Å²) in [7, 11) is 0. The molecular formula is C6H7IO. The highest BCUT2D eigenvalue weighted by molar-refractivity contribution is 14.2. The predicted molar refractivity (Wildman–Crippen MR) is 44.4 cm³/mol. The van der Waals surface area contributed by atoms with Crippen molar-refractivity contribution in [3.63, 3.8) is 0 Å². The summed E-state index contributed by atoms with van der Waals surface area (Å²) in [5.74, 6) is 0. The zero-order valence-electron chi connectivity index (χ0n) is 4.34. The lowest BCUT2D eigenvalue weighted by Gasteiger charge is -1.94. The summed E-state index contributed by atoms with van der Waals surface area (Å²) in [5, 5.41) is 8.58. The van der Waals surface area contributed by atoms with Gasteiger partial charge >= 0.3 is 0 Å². The first kappa shape index (κ1) is 6.16. The topological polar surface area (TPSA) is 20.2 Å². The predicted octanol–water partition coefficient (Wildman–Crippen LogP) is 1.21. The van der Waals surface area contributed by atoms with Crippen LogP contribution in [0, 0.1) is 0 Å². The molecule has 0 radical (unpaired) electrons. The lowest BCUT2D eigenvalue weighted by Crippen LogP contribution is -1.89. The molecule has 0 aromatic carbocycles. The number of aliphatic hydroxyl groups is 1. The number of aliphatic hydroxyl groups excluding tert-OH is 1. The smallest absolute Gasteiger partial charge is 0.0686 e. The van der Waals surface area contributed by atoms with Crippen molar-refractivity contribution in [1.82, 2.24) is 0 Å². The molecule has 44 valence electrons. The fourth-order valence-electron chi connectivity index (χ4n) is 0.443. The molecule has 1 aliphatic rings. The molecule has 2 heteroatoms. The average Bonchev–Trinajstić information content (AvgIpc) is 1.90. The molecule has 0 aliphatic carbocycles. The highest BCUT2D eigenvalue weighted by Gasteiger charge is 1.87. The number of hydrogen-bond donors (Lipinski definition) is 1. The Kier molecular flexibility index (Phi) is 2.42. The molecule has 0 saturated heterocycles. The van der Waals surface area contributed by atoms with E-state index in [1.807, 2.05) is 12.2 Å². The first-order valence-electron chi connectivity index (χ1n) is 2.35. The largest absolute Gasteiger partial charge is 0.392 e. The Hall–Kier alpha value is 0.0400. The van der Waals surface area contributed by atoms with E-state index in [1.165, 1.54) is 0 Å². The summed E-state index contributed by atoms with van der Waals surface area (Å²) in [6.07, 6.45) is 3.96. The Morgan fingerprint density at radius 2 is 2.50 bits per heavy atom. The van der Waals surface area contributed by atoms with E-state index >= 15 is 0 Å². The number of hydrogen-bond acceptors (Lipinski definition) is 1. The molecule has 1 N–H and O–H groups in total. The van der Waals surface area contributed by atoms with E-state index in [0.717, 1.165) is 5.57 Å². The minimum atomic E-state index is 0.134. The lowest BCUT2D eigenvalue weighted by atomic mass is 10.3. The van der Waals surface area contributed by atoms with Crippen LogP contribution < -0.4 is 0 Å². The maximum absolute atomic E-state index is 8.58. The fourth-order valence-corrected chi connectivity index (χ4v) is 1.96. The first-order chi connectivity index (χ1) is 3.93. The van der Waals surface area contributed by atoms with E-state index in [0.29, 0.717) is 0 Å². The van der Waals surface area contributed by atoms with Crippen LogP contribution in [0.4, 0.5) is 0 Å². The molecule has 0 fully saturated rings. The fraction of sp³-hybridized carbons (Fsp3) is 0.167. The van der Waals surface area contributed by atoms with Crippen LogP contribution in [-0.2, 0) is 0 Å². The molecule has 0 aromatic rings. The van der Waals surface area contributed by atoms with Crippen molar-refractivity contribution in [2.75, 3.05) is 6.61 Å². The summed E-state index contributed by atoms with van der Waals surface area (Å²) < 4.78 is 4.29. The second-order valence-corrected chi connectivity index (χ2v) is 3.51. The third-order valence-electron chi connectivity index (χ3n) is 0.841. The van der Waals surface area contributed by atoms with Gasteiger partial charge in [-0.3, -0.25) is 0 Å². The van der Waals surface area contributed by atoms with Gasteiger partial charge in [-0.25, -0.2) is 0 Å². The Morgan fingerprint density at radius 3 is 2.88 bits per heavy atom. The van der Waals surface area contributed by atoms with E-state index in [9.17, 15) is 0 Å². The van der Waals surface area contributed by atoms with E-state index in [4.69, 9.17) is 5.11 Å². The second kappa shape index (κ2) is 3.14. The van der Waals surface area contributed by atoms with Crippen LogP contribution >= 0.6 is 20.7 Å². The second-order valence-electron chi connectivity index (χ2n) is 1.45. The van der Waals surface area contributed by atoms with Gasteiger partial charge in [-0.2, -0.15) is 0 Å². The third kappa shape index (κ3) is 1.52. The van der Waals surface area contributed by atoms with Gasteiger partial charge in [0.15, 0.2) is 0 Å². The van der Waals surface area contributed by atoms with Gasteiger partial charge in [0.1, 0.15) is 0 Å². The zero-order chi connectivity index (χ0) is 5.82. The number of allylic oxidation sites excluding steroid dienone is 2. The van der Waals surface area contributed by atoms with Crippen molar-refractivity contribution in [3.8, 4) is 0 Å². The minimum Gasteiger partial charge on any atom is -0.392 e. The molecule has 8 heavy (non-hydrogen) atoms. The highest BCUT2D eigenvalue weighted by Crippen LogP contribution is 2.07. The van der Waals surface area contributed by atoms with E-state index in [-0.39, 0.29) is 27.3 Å². The van der Waals surface area contributed by atoms with Gasteiger partial charge in [-0.1, -0.05) is 32.9 Å². The summed E-state index contributed by atoms with van der Waals surface area (Å²) in [6.45, 7) is 0.198. The number of rotatable bonds is 1. The van der Waals surface area contributed by atoms with Gasteiger partial charge < -0.3 is 5.11 Å². The van der Waals surface area contributed by atoms with E-state index in [2.05, 4.69) is 8.09 Å². The normalized spacial score (nSPS) is 17.4. The van der Waals surface area contributed by atoms with Crippen molar-refractivity contribution in [1.29, 1.82) is 0 Å². The summed E-state index contributed by atoms with van der Waals surface area (Å²) in [6, 6.07) is 0. The molecule has 0 unspecified atom stereocenters. The van der Waals surface area contributed by atoms with Crippen molar-refractivity contribution in [3.05, 3.63) is 21.8 Å². The standard InChI is InChI=1S/C6H7IO/c8-5-6-2-1-3-7-4-6/h1-4,8H,5H2. The van der Waals surface area contributed by atoms with Crippen LogP contribution in [0.5, 0.6) is 0 Å². The summed E-state index contributed by atoms with van der Waals surface area (Å²) >= 11 is 0.134. The average molecular weight is 222 g/mol. The maximum atomic E-state index is 8.58. The molecule has 0 amide bonds. The molecule has 0 aromatic heterocycles. The minimum absolute atomic E-state index is 0.134. The van der Waals surface area contributed by atoms with Crippen LogP contribution in [0.2, 0.25) is 0 Å². The van der Waals surface area contributed by atoms with Gasteiger partial charge in [-0.05, 0) is 13.7 Å². The SMILES string of the molecule is OCC1=CC=CI=C1. The van der Waals surface area contributed by atoms with Crippen molar-refractivity contribution < 1.29 is 5.11 Å². The van der Waals surface area contributed by atoms with Crippen LogP contribution in [-0.4, -0.2) is 15.7 Å². The number of halogens is 1. The summed E-state index contributed by atoms with van der Waals surface area (Å²) in [4.78, 5) is 0. The quantitative estimate of drug-likeness (QED) is 0.661. The molecule has 1 rings (SSSR count). The van der Waals surface area contributed by atoms with Gasteiger partial charge in [-0.15, -0.1) is 0 Å². The third-order valence-corrected chi connectivity index (χ3v) is 2.83. The Balaban J connectivity index is 2.68. The molecule has 0 spiro atoms. The summed E-state index contributed by atoms with van der Waals surface area (Å²) in [5.41, 5.74) is 1.07. The molecule has 1 nitrogen and oxygen atoms in total. The van der Waals surface area contributed by atoms with Crippen LogP contribution in [0.15, 0.2) is 21.8 Å².